The lowest BCUT2D eigenvalue weighted by Crippen LogP contribution is -2.42. The summed E-state index contributed by atoms with van der Waals surface area (Å²) in [6.07, 6.45) is 0. The van der Waals surface area contributed by atoms with E-state index >= 15 is 0 Å². The van der Waals surface area contributed by atoms with E-state index in [1.165, 1.54) is 0 Å². The van der Waals surface area contributed by atoms with Gasteiger partial charge < -0.3 is 5.32 Å². The second-order valence-electron chi connectivity index (χ2n) is 3.91. The summed E-state index contributed by atoms with van der Waals surface area (Å²) in [5.41, 5.74) is 1.14. The second-order valence-corrected chi connectivity index (χ2v) is 4.94. The molecular formula is C12H17ClN2OS. The zero-order valence-electron chi connectivity index (χ0n) is 9.68. The molecule has 0 aromatic heterocycles. The van der Waals surface area contributed by atoms with E-state index in [2.05, 4.69) is 10.6 Å². The standard InChI is InChI=1S/C12H16N2OS.ClH/c1-9(10-5-3-2-4-6-10)14-12(15)11-7-16-8-13-11;/h2-6,9,11,13H,7-8H2,1H3,(H,14,15);1H. The Labute approximate surface area is 112 Å². The first-order valence-electron chi connectivity index (χ1n) is 5.44. The molecule has 0 radical (unpaired) electrons. The van der Waals surface area contributed by atoms with Crippen LogP contribution in [-0.2, 0) is 4.79 Å². The molecule has 3 nitrogen and oxygen atoms in total. The van der Waals surface area contributed by atoms with Crippen molar-refractivity contribution in [2.75, 3.05) is 11.6 Å². The molecule has 2 unspecified atom stereocenters. The number of carbonyl (C=O) groups is 1. The van der Waals surface area contributed by atoms with Gasteiger partial charge in [0.25, 0.3) is 0 Å². The van der Waals surface area contributed by atoms with Gasteiger partial charge in [0.2, 0.25) is 5.91 Å². The number of rotatable bonds is 3. The minimum atomic E-state index is -0.0313. The second kappa shape index (κ2) is 6.89. The van der Waals surface area contributed by atoms with E-state index in [0.717, 1.165) is 17.2 Å². The number of nitrogens with one attached hydrogen (secondary N) is 2. The van der Waals surface area contributed by atoms with Gasteiger partial charge in [0, 0.05) is 11.6 Å². The lowest BCUT2D eigenvalue weighted by Gasteiger charge is -2.17. The van der Waals surface area contributed by atoms with Crippen molar-refractivity contribution in [3.63, 3.8) is 0 Å². The first-order valence-corrected chi connectivity index (χ1v) is 6.59. The highest BCUT2D eigenvalue weighted by atomic mass is 35.5. The Balaban J connectivity index is 0.00000144. The zero-order chi connectivity index (χ0) is 11.4. The third-order valence-electron chi connectivity index (χ3n) is 2.69. The molecule has 1 aromatic rings. The van der Waals surface area contributed by atoms with E-state index in [-0.39, 0.29) is 30.4 Å². The maximum absolute atomic E-state index is 11.8. The fourth-order valence-corrected chi connectivity index (χ4v) is 2.64. The molecule has 1 heterocycles. The van der Waals surface area contributed by atoms with Crippen molar-refractivity contribution in [3.8, 4) is 0 Å². The maximum Gasteiger partial charge on any atom is 0.238 e. The summed E-state index contributed by atoms with van der Waals surface area (Å²) in [4.78, 5) is 11.8. The molecule has 0 bridgehead atoms. The van der Waals surface area contributed by atoms with Crippen LogP contribution < -0.4 is 10.6 Å². The van der Waals surface area contributed by atoms with Gasteiger partial charge in [0.1, 0.15) is 0 Å². The van der Waals surface area contributed by atoms with E-state index in [1.807, 2.05) is 37.3 Å². The highest BCUT2D eigenvalue weighted by Gasteiger charge is 2.23. The molecule has 1 aromatic carbocycles. The highest BCUT2D eigenvalue weighted by molar-refractivity contribution is 7.99. The predicted octanol–water partition coefficient (Wildman–Crippen LogP) is 1.95. The number of carbonyl (C=O) groups excluding carboxylic acids is 1. The molecule has 17 heavy (non-hydrogen) atoms. The zero-order valence-corrected chi connectivity index (χ0v) is 11.3. The summed E-state index contributed by atoms with van der Waals surface area (Å²) in [5, 5.41) is 6.19. The van der Waals surface area contributed by atoms with Crippen LogP contribution >= 0.6 is 24.2 Å². The van der Waals surface area contributed by atoms with E-state index < -0.39 is 0 Å². The number of amides is 1. The van der Waals surface area contributed by atoms with Crippen LogP contribution in [0.25, 0.3) is 0 Å². The Morgan fingerprint density at radius 2 is 2.18 bits per heavy atom. The third kappa shape index (κ3) is 3.91. The number of hydrogen-bond acceptors (Lipinski definition) is 3. The summed E-state index contributed by atoms with van der Waals surface area (Å²) in [6.45, 7) is 2.01. The molecule has 94 valence electrons. The molecule has 2 N–H and O–H groups in total. The number of benzene rings is 1. The van der Waals surface area contributed by atoms with Gasteiger partial charge in [0.15, 0.2) is 0 Å². The van der Waals surface area contributed by atoms with Crippen LogP contribution in [0.1, 0.15) is 18.5 Å². The molecule has 2 atom stereocenters. The minimum absolute atomic E-state index is 0. The monoisotopic (exact) mass is 272 g/mol. The maximum atomic E-state index is 11.8. The Bertz CT molecular complexity index is 355. The molecule has 0 spiro atoms. The van der Waals surface area contributed by atoms with Gasteiger partial charge in [-0.25, -0.2) is 0 Å². The Morgan fingerprint density at radius 1 is 1.47 bits per heavy atom. The summed E-state index contributed by atoms with van der Waals surface area (Å²) in [7, 11) is 0. The van der Waals surface area contributed by atoms with Gasteiger partial charge in [0.05, 0.1) is 12.1 Å². The quantitative estimate of drug-likeness (QED) is 0.884. The normalized spacial score (nSPS) is 20.4. The third-order valence-corrected chi connectivity index (χ3v) is 3.63. The topological polar surface area (TPSA) is 41.1 Å². The van der Waals surface area contributed by atoms with Crippen molar-refractivity contribution < 1.29 is 4.79 Å². The predicted molar refractivity (Wildman–Crippen MR) is 74.5 cm³/mol. The van der Waals surface area contributed by atoms with Crippen LogP contribution in [0, 0.1) is 0 Å². The molecule has 5 heteroatoms. The Hall–Kier alpha value is -0.710. The van der Waals surface area contributed by atoms with Crippen molar-refractivity contribution in [2.24, 2.45) is 0 Å². The van der Waals surface area contributed by atoms with Crippen LogP contribution in [0.15, 0.2) is 30.3 Å². The Kier molecular flexibility index (Phi) is 5.82. The van der Waals surface area contributed by atoms with Gasteiger partial charge in [-0.05, 0) is 12.5 Å². The van der Waals surface area contributed by atoms with E-state index in [9.17, 15) is 4.79 Å². The van der Waals surface area contributed by atoms with Gasteiger partial charge >= 0.3 is 0 Å². The number of thioether (sulfide) groups is 1. The number of halogens is 1. The first kappa shape index (κ1) is 14.4. The average molecular weight is 273 g/mol. The minimum Gasteiger partial charge on any atom is -0.348 e. The van der Waals surface area contributed by atoms with E-state index in [0.29, 0.717) is 0 Å². The summed E-state index contributed by atoms with van der Waals surface area (Å²) in [5.74, 6) is 1.84. The highest BCUT2D eigenvalue weighted by Crippen LogP contribution is 2.14. The van der Waals surface area contributed by atoms with E-state index in [4.69, 9.17) is 0 Å². The average Bonchev–Trinajstić information content (AvgIpc) is 2.83. The van der Waals surface area contributed by atoms with Crippen molar-refractivity contribution in [1.82, 2.24) is 10.6 Å². The van der Waals surface area contributed by atoms with Gasteiger partial charge in [-0.3, -0.25) is 10.1 Å². The summed E-state index contributed by atoms with van der Waals surface area (Å²) in [6, 6.07) is 10.1. The molecule has 1 amide bonds. The van der Waals surface area contributed by atoms with Crippen molar-refractivity contribution >= 4 is 30.1 Å². The molecule has 1 aliphatic rings. The molecule has 1 fully saturated rings. The Morgan fingerprint density at radius 3 is 2.76 bits per heavy atom. The van der Waals surface area contributed by atoms with Crippen LogP contribution in [0.3, 0.4) is 0 Å². The molecular weight excluding hydrogens is 256 g/mol. The summed E-state index contributed by atoms with van der Waals surface area (Å²) < 4.78 is 0. The SMILES string of the molecule is CC(NC(=O)C1CSCN1)c1ccccc1.Cl. The van der Waals surface area contributed by atoms with Crippen molar-refractivity contribution in [3.05, 3.63) is 35.9 Å². The van der Waals surface area contributed by atoms with Crippen LogP contribution in [-0.4, -0.2) is 23.6 Å². The van der Waals surface area contributed by atoms with E-state index in [1.54, 1.807) is 11.8 Å². The fraction of sp³-hybridized carbons (Fsp3) is 0.417. The smallest absolute Gasteiger partial charge is 0.238 e. The van der Waals surface area contributed by atoms with Gasteiger partial charge in [-0.2, -0.15) is 0 Å². The van der Waals surface area contributed by atoms with Crippen LogP contribution in [0.5, 0.6) is 0 Å². The lowest BCUT2D eigenvalue weighted by atomic mass is 10.1. The molecule has 1 saturated heterocycles. The van der Waals surface area contributed by atoms with Crippen LogP contribution in [0.4, 0.5) is 0 Å². The van der Waals surface area contributed by atoms with Crippen LogP contribution in [0.2, 0.25) is 0 Å². The first-order chi connectivity index (χ1) is 7.77. The number of hydrogen-bond donors (Lipinski definition) is 2. The molecule has 0 saturated carbocycles. The molecule has 0 aliphatic carbocycles. The molecule has 2 rings (SSSR count). The van der Waals surface area contributed by atoms with Crippen molar-refractivity contribution in [1.29, 1.82) is 0 Å². The summed E-state index contributed by atoms with van der Waals surface area (Å²) >= 11 is 1.76. The van der Waals surface area contributed by atoms with Gasteiger partial charge in [-0.15, -0.1) is 24.2 Å². The largest absolute Gasteiger partial charge is 0.348 e. The lowest BCUT2D eigenvalue weighted by molar-refractivity contribution is -0.123. The van der Waals surface area contributed by atoms with Crippen molar-refractivity contribution in [2.45, 2.75) is 19.0 Å². The van der Waals surface area contributed by atoms with Gasteiger partial charge in [-0.1, -0.05) is 30.3 Å². The fourth-order valence-electron chi connectivity index (χ4n) is 1.70. The molecule has 1 aliphatic heterocycles.